The monoisotopic (exact) mass is 304 g/mol. The van der Waals surface area contributed by atoms with Gasteiger partial charge in [0.15, 0.2) is 0 Å². The van der Waals surface area contributed by atoms with Crippen LogP contribution in [0, 0.1) is 0 Å². The zero-order chi connectivity index (χ0) is 12.3. The highest BCUT2D eigenvalue weighted by Crippen LogP contribution is 2.22. The minimum Gasteiger partial charge on any atom is -0.368 e. The minimum absolute atomic E-state index is 0.117. The van der Waals surface area contributed by atoms with E-state index in [4.69, 9.17) is 17.3 Å². The zero-order valence-corrected chi connectivity index (χ0v) is 10.9. The van der Waals surface area contributed by atoms with Gasteiger partial charge in [0.1, 0.15) is 0 Å². The van der Waals surface area contributed by atoms with Crippen molar-refractivity contribution in [3.8, 4) is 0 Å². The number of nitrogens with zero attached hydrogens (tertiary/aromatic N) is 1. The van der Waals surface area contributed by atoms with Gasteiger partial charge in [-0.15, -0.1) is 0 Å². The van der Waals surface area contributed by atoms with Gasteiger partial charge < -0.3 is 10.6 Å². The number of benzene rings is 1. The summed E-state index contributed by atoms with van der Waals surface area (Å²) in [7, 11) is 1.51. The Hall–Kier alpha value is -1.07. The molecule has 0 spiro atoms. The Morgan fingerprint density at radius 1 is 1.50 bits per heavy atom. The van der Waals surface area contributed by atoms with Crippen LogP contribution in [0.3, 0.4) is 0 Å². The van der Waals surface area contributed by atoms with E-state index in [0.29, 0.717) is 15.1 Å². The standard InChI is InChI=1S/C10H10BrClN2O2/c1-14(5-9(13)15)10(16)7-3-2-6(12)4-8(7)11/h2-4H,5H2,1H3,(H2,13,15). The van der Waals surface area contributed by atoms with Gasteiger partial charge >= 0.3 is 0 Å². The van der Waals surface area contributed by atoms with Crippen LogP contribution in [0.2, 0.25) is 5.02 Å². The van der Waals surface area contributed by atoms with Crippen molar-refractivity contribution < 1.29 is 9.59 Å². The molecule has 6 heteroatoms. The number of likely N-dealkylation sites (N-methyl/N-ethyl adjacent to an activating group) is 1. The number of hydrogen-bond acceptors (Lipinski definition) is 2. The third kappa shape index (κ3) is 3.21. The number of primary amides is 1. The minimum atomic E-state index is -0.555. The Morgan fingerprint density at radius 3 is 2.62 bits per heavy atom. The highest BCUT2D eigenvalue weighted by molar-refractivity contribution is 9.10. The van der Waals surface area contributed by atoms with E-state index in [1.807, 2.05) is 0 Å². The summed E-state index contributed by atoms with van der Waals surface area (Å²) < 4.78 is 0.585. The first-order chi connectivity index (χ1) is 7.41. The van der Waals surface area contributed by atoms with Crippen LogP contribution in [-0.4, -0.2) is 30.3 Å². The molecule has 0 heterocycles. The van der Waals surface area contributed by atoms with Crippen LogP contribution in [0.5, 0.6) is 0 Å². The fourth-order valence-electron chi connectivity index (χ4n) is 1.17. The summed E-state index contributed by atoms with van der Waals surface area (Å²) >= 11 is 8.99. The van der Waals surface area contributed by atoms with E-state index in [2.05, 4.69) is 15.9 Å². The topological polar surface area (TPSA) is 63.4 Å². The predicted molar refractivity (Wildman–Crippen MR) is 65.3 cm³/mol. The molecule has 1 aromatic rings. The van der Waals surface area contributed by atoms with E-state index in [-0.39, 0.29) is 12.5 Å². The SMILES string of the molecule is CN(CC(N)=O)C(=O)c1ccc(Cl)cc1Br. The number of amides is 2. The average Bonchev–Trinajstić information content (AvgIpc) is 2.15. The van der Waals surface area contributed by atoms with E-state index in [1.54, 1.807) is 18.2 Å². The quantitative estimate of drug-likeness (QED) is 0.923. The molecule has 0 bridgehead atoms. The molecule has 16 heavy (non-hydrogen) atoms. The zero-order valence-electron chi connectivity index (χ0n) is 8.54. The summed E-state index contributed by atoms with van der Waals surface area (Å²) in [5.41, 5.74) is 5.44. The van der Waals surface area contributed by atoms with Crippen molar-refractivity contribution in [3.05, 3.63) is 33.3 Å². The van der Waals surface area contributed by atoms with Crippen molar-refractivity contribution in [3.63, 3.8) is 0 Å². The molecule has 2 N–H and O–H groups in total. The molecule has 0 aliphatic carbocycles. The van der Waals surface area contributed by atoms with Gasteiger partial charge in [0.25, 0.3) is 5.91 Å². The first kappa shape index (κ1) is 13.0. The summed E-state index contributed by atoms with van der Waals surface area (Å²) in [6.45, 7) is -0.117. The summed E-state index contributed by atoms with van der Waals surface area (Å²) in [4.78, 5) is 23.8. The number of rotatable bonds is 3. The molecule has 2 amide bonds. The van der Waals surface area contributed by atoms with E-state index in [9.17, 15) is 9.59 Å². The maximum absolute atomic E-state index is 11.9. The largest absolute Gasteiger partial charge is 0.368 e. The molecule has 0 saturated carbocycles. The van der Waals surface area contributed by atoms with Gasteiger partial charge in [-0.1, -0.05) is 11.6 Å². The summed E-state index contributed by atoms with van der Waals surface area (Å²) in [5, 5.41) is 0.529. The Labute approximate surface area is 106 Å². The number of carbonyl (C=O) groups excluding carboxylic acids is 2. The molecule has 0 aliphatic heterocycles. The Morgan fingerprint density at radius 2 is 2.12 bits per heavy atom. The van der Waals surface area contributed by atoms with Crippen molar-refractivity contribution in [2.75, 3.05) is 13.6 Å². The molecule has 86 valence electrons. The normalized spacial score (nSPS) is 9.94. The van der Waals surface area contributed by atoms with Gasteiger partial charge in [-0.3, -0.25) is 9.59 Å². The lowest BCUT2D eigenvalue weighted by molar-refractivity contribution is -0.118. The van der Waals surface area contributed by atoms with Crippen molar-refractivity contribution >= 4 is 39.3 Å². The van der Waals surface area contributed by atoms with Crippen LogP contribution in [0.4, 0.5) is 0 Å². The van der Waals surface area contributed by atoms with Crippen LogP contribution in [0.15, 0.2) is 22.7 Å². The fraction of sp³-hybridized carbons (Fsp3) is 0.200. The van der Waals surface area contributed by atoms with E-state index >= 15 is 0 Å². The molecule has 1 rings (SSSR count). The average molecular weight is 306 g/mol. The number of hydrogen-bond donors (Lipinski definition) is 1. The molecule has 1 aromatic carbocycles. The molecule has 4 nitrogen and oxygen atoms in total. The smallest absolute Gasteiger partial charge is 0.255 e. The summed E-state index contributed by atoms with van der Waals surface area (Å²) in [6, 6.07) is 4.82. The Bertz CT molecular complexity index is 437. The molecular weight excluding hydrogens is 295 g/mol. The molecule has 0 unspecified atom stereocenters. The van der Waals surface area contributed by atoms with Crippen molar-refractivity contribution in [1.29, 1.82) is 0 Å². The van der Waals surface area contributed by atoms with E-state index < -0.39 is 5.91 Å². The lowest BCUT2D eigenvalue weighted by Gasteiger charge is -2.15. The van der Waals surface area contributed by atoms with Gasteiger partial charge in [-0.05, 0) is 34.1 Å². The molecule has 0 radical (unpaired) electrons. The third-order valence-electron chi connectivity index (χ3n) is 1.90. The second kappa shape index (κ2) is 5.32. The highest BCUT2D eigenvalue weighted by Gasteiger charge is 2.16. The van der Waals surface area contributed by atoms with Crippen LogP contribution in [0.1, 0.15) is 10.4 Å². The number of nitrogens with two attached hydrogens (primary N) is 1. The lowest BCUT2D eigenvalue weighted by Crippen LogP contribution is -2.35. The van der Waals surface area contributed by atoms with Crippen molar-refractivity contribution in [1.82, 2.24) is 4.90 Å². The second-order valence-electron chi connectivity index (χ2n) is 3.25. The van der Waals surface area contributed by atoms with Crippen LogP contribution >= 0.6 is 27.5 Å². The molecule has 0 fully saturated rings. The molecule has 0 aliphatic rings. The van der Waals surface area contributed by atoms with Gasteiger partial charge in [-0.25, -0.2) is 0 Å². The maximum Gasteiger partial charge on any atom is 0.255 e. The lowest BCUT2D eigenvalue weighted by atomic mass is 10.2. The number of halogens is 2. The van der Waals surface area contributed by atoms with E-state index in [0.717, 1.165) is 0 Å². The van der Waals surface area contributed by atoms with Crippen molar-refractivity contribution in [2.24, 2.45) is 5.73 Å². The Balaban J connectivity index is 2.92. The second-order valence-corrected chi connectivity index (χ2v) is 4.54. The predicted octanol–water partition coefficient (Wildman–Crippen LogP) is 1.66. The maximum atomic E-state index is 11.9. The first-order valence-corrected chi connectivity index (χ1v) is 5.57. The van der Waals surface area contributed by atoms with Crippen LogP contribution in [0.25, 0.3) is 0 Å². The van der Waals surface area contributed by atoms with Gasteiger partial charge in [0.05, 0.1) is 12.1 Å². The number of carbonyl (C=O) groups is 2. The fourth-order valence-corrected chi connectivity index (χ4v) is 2.03. The van der Waals surface area contributed by atoms with Gasteiger partial charge in [0, 0.05) is 16.5 Å². The first-order valence-electron chi connectivity index (χ1n) is 4.40. The van der Waals surface area contributed by atoms with Crippen LogP contribution < -0.4 is 5.73 Å². The molecule has 0 saturated heterocycles. The highest BCUT2D eigenvalue weighted by atomic mass is 79.9. The third-order valence-corrected chi connectivity index (χ3v) is 2.79. The van der Waals surface area contributed by atoms with Gasteiger partial charge in [-0.2, -0.15) is 0 Å². The Kier molecular flexibility index (Phi) is 4.32. The van der Waals surface area contributed by atoms with Crippen LogP contribution in [-0.2, 0) is 4.79 Å². The van der Waals surface area contributed by atoms with Crippen molar-refractivity contribution in [2.45, 2.75) is 0 Å². The molecular formula is C10H10BrClN2O2. The van der Waals surface area contributed by atoms with E-state index in [1.165, 1.54) is 11.9 Å². The summed E-state index contributed by atoms with van der Waals surface area (Å²) in [6.07, 6.45) is 0. The molecule has 0 aromatic heterocycles. The summed E-state index contributed by atoms with van der Waals surface area (Å²) in [5.74, 6) is -0.844. The molecule has 0 atom stereocenters. The van der Waals surface area contributed by atoms with Gasteiger partial charge in [0.2, 0.25) is 5.91 Å².